The van der Waals surface area contributed by atoms with E-state index in [4.69, 9.17) is 4.42 Å². The van der Waals surface area contributed by atoms with E-state index in [9.17, 15) is 4.79 Å². The molecule has 1 aliphatic rings. The predicted octanol–water partition coefficient (Wildman–Crippen LogP) is 2.42. The highest BCUT2D eigenvalue weighted by Crippen LogP contribution is 2.25. The van der Waals surface area contributed by atoms with Gasteiger partial charge >= 0.3 is 0 Å². The maximum atomic E-state index is 12.4. The summed E-state index contributed by atoms with van der Waals surface area (Å²) in [5.41, 5.74) is -0.0893. The first-order chi connectivity index (χ1) is 8.79. The number of rotatable bonds is 3. The molecule has 4 heteroatoms. The molecule has 4 nitrogen and oxygen atoms in total. The number of amides is 1. The first kappa shape index (κ1) is 14.1. The van der Waals surface area contributed by atoms with Crippen molar-refractivity contribution in [1.29, 1.82) is 0 Å². The molecule has 0 saturated carbocycles. The van der Waals surface area contributed by atoms with E-state index >= 15 is 0 Å². The molecule has 1 saturated heterocycles. The van der Waals surface area contributed by atoms with E-state index in [1.54, 1.807) is 0 Å². The Hall–Kier alpha value is -1.29. The monoisotopic (exact) mass is 264 g/mol. The molecule has 0 spiro atoms. The molecule has 1 aliphatic heterocycles. The fourth-order valence-electron chi connectivity index (χ4n) is 2.67. The van der Waals surface area contributed by atoms with Gasteiger partial charge in [-0.05, 0) is 53.3 Å². The maximum Gasteiger partial charge on any atom is 0.240 e. The number of likely N-dealkylation sites (tertiary alicyclic amines) is 1. The van der Waals surface area contributed by atoms with Gasteiger partial charge < -0.3 is 9.32 Å². The number of furan rings is 1. The molecule has 1 amide bonds. The number of carbonyl (C=O) groups excluding carboxylic acids is 1. The summed E-state index contributed by atoms with van der Waals surface area (Å²) in [6.45, 7) is 9.72. The van der Waals surface area contributed by atoms with Crippen molar-refractivity contribution >= 4 is 5.91 Å². The minimum atomic E-state index is -0.0893. The third-order valence-corrected chi connectivity index (χ3v) is 3.72. The topological polar surface area (TPSA) is 36.7 Å². The van der Waals surface area contributed by atoms with Gasteiger partial charge in [-0.2, -0.15) is 0 Å². The van der Waals surface area contributed by atoms with E-state index in [0.717, 1.165) is 24.5 Å². The molecule has 0 aromatic carbocycles. The van der Waals surface area contributed by atoms with Gasteiger partial charge in [-0.25, -0.2) is 0 Å². The Morgan fingerprint density at radius 2 is 2.11 bits per heavy atom. The standard InChI is InChI=1S/C15H24N2O2/c1-11-6-7-12(19-11)10-16(5)13-8-9-17(14(13)18)15(2,3)4/h6-7,13H,8-10H2,1-5H3. The van der Waals surface area contributed by atoms with Crippen LogP contribution in [0.15, 0.2) is 16.5 Å². The first-order valence-electron chi connectivity index (χ1n) is 6.86. The summed E-state index contributed by atoms with van der Waals surface area (Å²) in [6.07, 6.45) is 0.895. The molecule has 1 aromatic rings. The third kappa shape index (κ3) is 3.00. The van der Waals surface area contributed by atoms with Crippen LogP contribution in [-0.4, -0.2) is 40.9 Å². The molecule has 2 heterocycles. The van der Waals surface area contributed by atoms with Crippen molar-refractivity contribution < 1.29 is 9.21 Å². The Morgan fingerprint density at radius 1 is 1.42 bits per heavy atom. The van der Waals surface area contributed by atoms with Crippen LogP contribution in [-0.2, 0) is 11.3 Å². The molecule has 1 atom stereocenters. The molecule has 0 bridgehead atoms. The van der Waals surface area contributed by atoms with Crippen LogP contribution in [0.2, 0.25) is 0 Å². The second-order valence-corrected chi connectivity index (χ2v) is 6.39. The SMILES string of the molecule is Cc1ccc(CN(C)C2CCN(C(C)(C)C)C2=O)o1. The third-order valence-electron chi connectivity index (χ3n) is 3.72. The Balaban J connectivity index is 2.01. The van der Waals surface area contributed by atoms with Crippen LogP contribution in [0.1, 0.15) is 38.7 Å². The summed E-state index contributed by atoms with van der Waals surface area (Å²) in [5.74, 6) is 2.07. The lowest BCUT2D eigenvalue weighted by Crippen LogP contribution is -2.46. The lowest BCUT2D eigenvalue weighted by atomic mass is 10.1. The van der Waals surface area contributed by atoms with Gasteiger partial charge in [0.2, 0.25) is 5.91 Å². The lowest BCUT2D eigenvalue weighted by Gasteiger charge is -2.32. The van der Waals surface area contributed by atoms with Crippen LogP contribution >= 0.6 is 0 Å². The van der Waals surface area contributed by atoms with E-state index < -0.39 is 0 Å². The van der Waals surface area contributed by atoms with E-state index in [2.05, 4.69) is 25.7 Å². The summed E-state index contributed by atoms with van der Waals surface area (Å²) in [6, 6.07) is 3.91. The Labute approximate surface area is 115 Å². The van der Waals surface area contributed by atoms with E-state index in [0.29, 0.717) is 6.54 Å². The molecule has 1 fully saturated rings. The average Bonchev–Trinajstić information content (AvgIpc) is 2.84. The predicted molar refractivity (Wildman–Crippen MR) is 74.8 cm³/mol. The maximum absolute atomic E-state index is 12.4. The number of hydrogen-bond acceptors (Lipinski definition) is 3. The summed E-state index contributed by atoms with van der Waals surface area (Å²) in [7, 11) is 1.99. The highest BCUT2D eigenvalue weighted by Gasteiger charge is 2.39. The van der Waals surface area contributed by atoms with E-state index in [1.807, 2.05) is 31.0 Å². The number of nitrogens with zero attached hydrogens (tertiary/aromatic N) is 2. The summed E-state index contributed by atoms with van der Waals surface area (Å²) >= 11 is 0. The molecule has 0 N–H and O–H groups in total. The molecular formula is C15H24N2O2. The minimum Gasteiger partial charge on any atom is -0.465 e. The zero-order chi connectivity index (χ0) is 14.2. The largest absolute Gasteiger partial charge is 0.465 e. The van der Waals surface area contributed by atoms with Crippen LogP contribution in [0.25, 0.3) is 0 Å². The van der Waals surface area contributed by atoms with Gasteiger partial charge in [0.15, 0.2) is 0 Å². The molecule has 1 unspecified atom stereocenters. The van der Waals surface area contributed by atoms with Gasteiger partial charge in [0, 0.05) is 12.1 Å². The first-order valence-corrected chi connectivity index (χ1v) is 6.86. The van der Waals surface area contributed by atoms with Crippen LogP contribution in [0, 0.1) is 6.92 Å². The van der Waals surface area contributed by atoms with Crippen LogP contribution in [0.4, 0.5) is 0 Å². The summed E-state index contributed by atoms with van der Waals surface area (Å²) in [4.78, 5) is 16.5. The molecule has 19 heavy (non-hydrogen) atoms. The Kier molecular flexibility index (Phi) is 3.72. The number of hydrogen-bond donors (Lipinski definition) is 0. The Bertz CT molecular complexity index is 459. The van der Waals surface area contributed by atoms with Crippen molar-refractivity contribution in [1.82, 2.24) is 9.80 Å². The van der Waals surface area contributed by atoms with Crippen LogP contribution in [0.5, 0.6) is 0 Å². The van der Waals surface area contributed by atoms with Crippen molar-refractivity contribution in [2.45, 2.75) is 52.2 Å². The number of aryl methyl sites for hydroxylation is 1. The van der Waals surface area contributed by atoms with Gasteiger partial charge in [-0.1, -0.05) is 0 Å². The fourth-order valence-corrected chi connectivity index (χ4v) is 2.67. The van der Waals surface area contributed by atoms with Gasteiger partial charge in [-0.15, -0.1) is 0 Å². The average molecular weight is 264 g/mol. The molecule has 0 aliphatic carbocycles. The molecule has 2 rings (SSSR count). The highest BCUT2D eigenvalue weighted by molar-refractivity contribution is 5.84. The highest BCUT2D eigenvalue weighted by atomic mass is 16.3. The van der Waals surface area contributed by atoms with Crippen molar-refractivity contribution in [2.75, 3.05) is 13.6 Å². The number of carbonyl (C=O) groups is 1. The second kappa shape index (κ2) is 5.00. The summed E-state index contributed by atoms with van der Waals surface area (Å²) in [5, 5.41) is 0. The van der Waals surface area contributed by atoms with Crippen molar-refractivity contribution in [2.24, 2.45) is 0 Å². The smallest absolute Gasteiger partial charge is 0.240 e. The second-order valence-electron chi connectivity index (χ2n) is 6.39. The minimum absolute atomic E-state index is 0.0235. The van der Waals surface area contributed by atoms with Gasteiger partial charge in [0.1, 0.15) is 11.5 Å². The molecular weight excluding hydrogens is 240 g/mol. The normalized spacial score (nSPS) is 20.6. The lowest BCUT2D eigenvalue weighted by molar-refractivity contribution is -0.135. The molecule has 106 valence electrons. The molecule has 0 radical (unpaired) electrons. The number of likely N-dealkylation sites (N-methyl/N-ethyl adjacent to an activating group) is 1. The van der Waals surface area contributed by atoms with Gasteiger partial charge in [-0.3, -0.25) is 9.69 Å². The van der Waals surface area contributed by atoms with Crippen molar-refractivity contribution in [3.8, 4) is 0 Å². The fraction of sp³-hybridized carbons (Fsp3) is 0.667. The van der Waals surface area contributed by atoms with Gasteiger partial charge in [0.25, 0.3) is 0 Å². The van der Waals surface area contributed by atoms with Crippen LogP contribution in [0.3, 0.4) is 0 Å². The van der Waals surface area contributed by atoms with E-state index in [1.165, 1.54) is 0 Å². The summed E-state index contributed by atoms with van der Waals surface area (Å²) < 4.78 is 5.58. The molecule has 1 aromatic heterocycles. The Morgan fingerprint density at radius 3 is 2.58 bits per heavy atom. The zero-order valence-electron chi connectivity index (χ0n) is 12.6. The van der Waals surface area contributed by atoms with Crippen molar-refractivity contribution in [3.05, 3.63) is 23.7 Å². The van der Waals surface area contributed by atoms with Gasteiger partial charge in [0.05, 0.1) is 12.6 Å². The van der Waals surface area contributed by atoms with Crippen LogP contribution < -0.4 is 0 Å². The quantitative estimate of drug-likeness (QED) is 0.841. The van der Waals surface area contributed by atoms with E-state index in [-0.39, 0.29) is 17.5 Å². The van der Waals surface area contributed by atoms with Crippen molar-refractivity contribution in [3.63, 3.8) is 0 Å². The zero-order valence-corrected chi connectivity index (χ0v) is 12.6.